The van der Waals surface area contributed by atoms with Crippen molar-refractivity contribution in [2.75, 3.05) is 0 Å². The lowest BCUT2D eigenvalue weighted by molar-refractivity contribution is -0.289. The van der Waals surface area contributed by atoms with Gasteiger partial charge in [-0.2, -0.15) is 0 Å². The molecular formula is C32H31N4O3. The predicted octanol–water partition coefficient (Wildman–Crippen LogP) is 6.81. The van der Waals surface area contributed by atoms with Crippen molar-refractivity contribution in [3.8, 4) is 22.9 Å². The van der Waals surface area contributed by atoms with Crippen LogP contribution in [0, 0.1) is 0 Å². The molecule has 1 aliphatic heterocycles. The molecule has 0 atom stereocenters. The molecule has 1 saturated heterocycles. The maximum atomic E-state index is 13.0. The van der Waals surface area contributed by atoms with E-state index in [1.54, 1.807) is 12.1 Å². The molecule has 4 aromatic carbocycles. The van der Waals surface area contributed by atoms with Gasteiger partial charge in [-0.15, -0.1) is 20.5 Å². The van der Waals surface area contributed by atoms with Crippen LogP contribution in [0.4, 0.5) is 0 Å². The van der Waals surface area contributed by atoms with E-state index in [0.717, 1.165) is 37.7 Å². The van der Waals surface area contributed by atoms with E-state index in [0.29, 0.717) is 30.2 Å². The Bertz CT molecular complexity index is 1620. The van der Waals surface area contributed by atoms with E-state index in [1.165, 1.54) is 0 Å². The summed E-state index contributed by atoms with van der Waals surface area (Å²) in [4.78, 5) is 13.0. The third-order valence-electron chi connectivity index (χ3n) is 7.73. The summed E-state index contributed by atoms with van der Waals surface area (Å²) in [5.74, 6) is 0.681. The summed E-state index contributed by atoms with van der Waals surface area (Å²) in [5.41, 5.74) is 1.09. The summed E-state index contributed by atoms with van der Waals surface area (Å²) >= 11 is 0. The second-order valence-corrected chi connectivity index (χ2v) is 11.7. The second kappa shape index (κ2) is 9.29. The quantitative estimate of drug-likeness (QED) is 0.264. The number of carbonyl (C=O) groups is 1. The molecule has 1 amide bonds. The lowest BCUT2D eigenvalue weighted by atomic mass is 9.79. The van der Waals surface area contributed by atoms with Crippen molar-refractivity contribution in [3.05, 3.63) is 84.4 Å². The Morgan fingerprint density at radius 3 is 1.95 bits per heavy atom. The molecule has 5 aromatic rings. The van der Waals surface area contributed by atoms with Crippen molar-refractivity contribution in [2.24, 2.45) is 0 Å². The maximum Gasteiger partial charge on any atom is 0.251 e. The highest BCUT2D eigenvalue weighted by Crippen LogP contribution is 2.38. The topological polar surface area (TPSA) is 91.2 Å². The number of amides is 1. The summed E-state index contributed by atoms with van der Waals surface area (Å²) in [6, 6.07) is 25.6. The number of hydrogen-bond acceptors (Lipinski definition) is 5. The van der Waals surface area contributed by atoms with Crippen LogP contribution >= 0.6 is 0 Å². The molecule has 7 heteroatoms. The van der Waals surface area contributed by atoms with Crippen LogP contribution in [0.25, 0.3) is 44.5 Å². The zero-order valence-electron chi connectivity index (χ0n) is 22.6. The summed E-state index contributed by atoms with van der Waals surface area (Å²) in [6.07, 6.45) is 1.19. The summed E-state index contributed by atoms with van der Waals surface area (Å²) in [5, 5.41) is 30.0. The fraction of sp³-hybridized carbons (Fsp3) is 0.281. The predicted molar refractivity (Wildman–Crippen MR) is 151 cm³/mol. The van der Waals surface area contributed by atoms with Crippen LogP contribution in [0.3, 0.4) is 0 Å². The number of fused-ring (bicyclic) bond motifs is 2. The van der Waals surface area contributed by atoms with Gasteiger partial charge in [0.05, 0.1) is 5.56 Å². The molecule has 0 aliphatic carbocycles. The van der Waals surface area contributed by atoms with Crippen molar-refractivity contribution in [2.45, 2.75) is 57.7 Å². The number of nitrogens with zero attached hydrogens (tertiary/aromatic N) is 3. The Morgan fingerprint density at radius 2 is 1.36 bits per heavy atom. The van der Waals surface area contributed by atoms with Gasteiger partial charge in [0.25, 0.3) is 5.91 Å². The van der Waals surface area contributed by atoms with Gasteiger partial charge in [-0.3, -0.25) is 4.79 Å². The molecule has 197 valence electrons. The van der Waals surface area contributed by atoms with Gasteiger partial charge in [-0.25, -0.2) is 0 Å². The smallest absolute Gasteiger partial charge is 0.251 e. The molecule has 1 radical (unpaired) electrons. The van der Waals surface area contributed by atoms with E-state index < -0.39 is 11.1 Å². The SMILES string of the molecule is CC1(C)CC(NC(=O)c2ccc(-c3nnc(-c4c5ccccc5cc5ccccc45)o3)cc2)CC(C)(C)N1[O]. The number of carbonyl (C=O) groups excluding carboxylic acids is 1. The van der Waals surface area contributed by atoms with Gasteiger partial charge in [0.1, 0.15) is 0 Å². The maximum absolute atomic E-state index is 13.0. The minimum Gasteiger partial charge on any atom is -0.416 e. The van der Waals surface area contributed by atoms with Crippen LogP contribution in [0.5, 0.6) is 0 Å². The molecule has 1 fully saturated rings. The standard InChI is InChI=1S/C32H31N4O3/c1-31(2)18-24(19-32(3,4)36(31)38)33-28(37)20-13-15-21(16-14-20)29-34-35-30(39-29)27-25-11-7-5-9-22(25)17-23-10-6-8-12-26(23)27/h5-17,24H,18-19H2,1-4H3,(H,33,37). The minimum absolute atomic E-state index is 0.0820. The third-order valence-corrected chi connectivity index (χ3v) is 7.73. The number of aromatic nitrogens is 2. The molecule has 1 N–H and O–H groups in total. The molecule has 7 nitrogen and oxygen atoms in total. The Hall–Kier alpha value is -4.07. The summed E-state index contributed by atoms with van der Waals surface area (Å²) in [6.45, 7) is 7.70. The van der Waals surface area contributed by atoms with Gasteiger partial charge in [0.15, 0.2) is 0 Å². The van der Waals surface area contributed by atoms with Gasteiger partial charge >= 0.3 is 0 Å². The van der Waals surface area contributed by atoms with E-state index in [9.17, 15) is 10.0 Å². The van der Waals surface area contributed by atoms with Crippen molar-refractivity contribution in [3.63, 3.8) is 0 Å². The molecule has 39 heavy (non-hydrogen) atoms. The zero-order chi connectivity index (χ0) is 27.4. The van der Waals surface area contributed by atoms with Crippen LogP contribution in [0.2, 0.25) is 0 Å². The first-order valence-electron chi connectivity index (χ1n) is 13.3. The van der Waals surface area contributed by atoms with Crippen molar-refractivity contribution in [1.82, 2.24) is 20.6 Å². The third kappa shape index (κ3) is 4.58. The monoisotopic (exact) mass is 519 g/mol. The first-order chi connectivity index (χ1) is 18.6. The van der Waals surface area contributed by atoms with Gasteiger partial charge in [-0.05, 0) is 92.4 Å². The van der Waals surface area contributed by atoms with Crippen molar-refractivity contribution < 1.29 is 14.4 Å². The van der Waals surface area contributed by atoms with E-state index in [-0.39, 0.29) is 11.9 Å². The van der Waals surface area contributed by atoms with Crippen molar-refractivity contribution in [1.29, 1.82) is 0 Å². The molecule has 0 bridgehead atoms. The normalized spacial score (nSPS) is 17.5. The molecule has 0 spiro atoms. The second-order valence-electron chi connectivity index (χ2n) is 11.7. The number of hydroxylamine groups is 2. The first-order valence-corrected chi connectivity index (χ1v) is 13.3. The van der Waals surface area contributed by atoms with Gasteiger partial charge < -0.3 is 9.73 Å². The number of hydrogen-bond donors (Lipinski definition) is 1. The highest BCUT2D eigenvalue weighted by molar-refractivity contribution is 6.11. The molecule has 0 saturated carbocycles. The number of benzene rings is 4. The minimum atomic E-state index is -0.547. The number of nitrogens with one attached hydrogen (secondary N) is 1. The number of rotatable bonds is 4. The largest absolute Gasteiger partial charge is 0.416 e. The van der Waals surface area contributed by atoms with Crippen LogP contribution in [-0.2, 0) is 5.21 Å². The highest BCUT2D eigenvalue weighted by Gasteiger charge is 2.46. The average molecular weight is 520 g/mol. The zero-order valence-corrected chi connectivity index (χ0v) is 22.6. The fourth-order valence-corrected chi connectivity index (χ4v) is 6.08. The van der Waals surface area contributed by atoms with Gasteiger partial charge in [0.2, 0.25) is 11.8 Å². The molecule has 6 rings (SSSR count). The van der Waals surface area contributed by atoms with Crippen LogP contribution in [0.15, 0.2) is 83.3 Å². The Morgan fingerprint density at radius 1 is 0.821 bits per heavy atom. The first kappa shape index (κ1) is 25.2. The van der Waals surface area contributed by atoms with E-state index in [2.05, 4.69) is 45.8 Å². The van der Waals surface area contributed by atoms with E-state index >= 15 is 0 Å². The Labute approximate surface area is 227 Å². The molecule has 0 unspecified atom stereocenters. The summed E-state index contributed by atoms with van der Waals surface area (Å²) < 4.78 is 6.19. The average Bonchev–Trinajstić information content (AvgIpc) is 3.40. The molecular weight excluding hydrogens is 488 g/mol. The molecule has 1 aromatic heterocycles. The fourth-order valence-electron chi connectivity index (χ4n) is 6.08. The lowest BCUT2D eigenvalue weighted by Crippen LogP contribution is -2.62. The summed E-state index contributed by atoms with van der Waals surface area (Å²) in [7, 11) is 0. The van der Waals surface area contributed by atoms with Crippen LogP contribution < -0.4 is 5.32 Å². The van der Waals surface area contributed by atoms with E-state index in [4.69, 9.17) is 4.42 Å². The molecule has 2 heterocycles. The van der Waals surface area contributed by atoms with Crippen molar-refractivity contribution >= 4 is 27.5 Å². The molecule has 1 aliphatic rings. The Kier molecular flexibility index (Phi) is 6.01. The van der Waals surface area contributed by atoms with Gasteiger partial charge in [-0.1, -0.05) is 48.5 Å². The van der Waals surface area contributed by atoms with E-state index in [1.807, 2.05) is 64.1 Å². The van der Waals surface area contributed by atoms with Gasteiger partial charge in [0, 0.05) is 28.2 Å². The van der Waals surface area contributed by atoms with Crippen LogP contribution in [-0.4, -0.2) is 38.3 Å². The lowest BCUT2D eigenvalue weighted by Gasteiger charge is -2.50. The Balaban J connectivity index is 1.25. The highest BCUT2D eigenvalue weighted by atomic mass is 16.5. The van der Waals surface area contributed by atoms with Crippen LogP contribution in [0.1, 0.15) is 50.9 Å². The number of piperidine rings is 1.